The molecule has 0 aromatic heterocycles. The van der Waals surface area contributed by atoms with Crippen LogP contribution in [0.4, 0.5) is 4.39 Å². The Kier molecular flexibility index (Phi) is 6.64. The molecule has 0 saturated carbocycles. The Morgan fingerprint density at radius 3 is 2.20 bits per heavy atom. The maximum Gasteiger partial charge on any atom is 0.129 e. The number of benzene rings is 2. The van der Waals surface area contributed by atoms with E-state index in [1.165, 1.54) is 6.07 Å². The fourth-order valence-corrected chi connectivity index (χ4v) is 3.25. The molecule has 136 valence electrons. The summed E-state index contributed by atoms with van der Waals surface area (Å²) in [6.45, 7) is 10.8. The number of ether oxygens (including phenoxy) is 1. The standard InChI is InChI=1S/C21H26BrFO2/c1-6-25-21-16(13(4)5)9-14(12(2)3)10-18(21)20(24)17-11-15(22)7-8-19(17)23/h7-13,20,24H,6H2,1-5H3. The molecule has 0 saturated heterocycles. The van der Waals surface area contributed by atoms with Gasteiger partial charge in [0.25, 0.3) is 0 Å². The van der Waals surface area contributed by atoms with Crippen molar-refractivity contribution < 1.29 is 14.2 Å². The SMILES string of the molecule is CCOc1c(C(C)C)cc(C(C)C)cc1C(O)c1cc(Br)ccc1F. The van der Waals surface area contributed by atoms with Crippen molar-refractivity contribution >= 4 is 15.9 Å². The zero-order chi connectivity index (χ0) is 18.7. The van der Waals surface area contributed by atoms with E-state index in [2.05, 4.69) is 49.7 Å². The predicted molar refractivity (Wildman–Crippen MR) is 104 cm³/mol. The molecule has 2 aromatic rings. The third kappa shape index (κ3) is 4.42. The topological polar surface area (TPSA) is 29.5 Å². The molecule has 0 aliphatic rings. The Bertz CT molecular complexity index is 741. The molecular weight excluding hydrogens is 383 g/mol. The van der Waals surface area contributed by atoms with Crippen LogP contribution in [-0.2, 0) is 0 Å². The second-order valence-electron chi connectivity index (χ2n) is 6.84. The fraction of sp³-hybridized carbons (Fsp3) is 0.429. The maximum atomic E-state index is 14.3. The number of hydrogen-bond donors (Lipinski definition) is 1. The molecule has 2 aromatic carbocycles. The average molecular weight is 409 g/mol. The van der Waals surface area contributed by atoms with Gasteiger partial charge in [-0.1, -0.05) is 49.7 Å². The molecule has 25 heavy (non-hydrogen) atoms. The third-order valence-corrected chi connectivity index (χ3v) is 4.79. The lowest BCUT2D eigenvalue weighted by Crippen LogP contribution is -2.10. The van der Waals surface area contributed by atoms with Crippen molar-refractivity contribution in [3.05, 3.63) is 62.9 Å². The predicted octanol–water partition coefficient (Wildman–Crippen LogP) is 6.32. The van der Waals surface area contributed by atoms with E-state index < -0.39 is 11.9 Å². The molecule has 0 radical (unpaired) electrons. The normalized spacial score (nSPS) is 12.7. The van der Waals surface area contributed by atoms with Gasteiger partial charge in [-0.15, -0.1) is 0 Å². The van der Waals surface area contributed by atoms with Crippen LogP contribution in [-0.4, -0.2) is 11.7 Å². The van der Waals surface area contributed by atoms with Crippen LogP contribution in [0.5, 0.6) is 5.75 Å². The summed E-state index contributed by atoms with van der Waals surface area (Å²) in [6.07, 6.45) is -1.09. The zero-order valence-electron chi connectivity index (χ0n) is 15.4. The van der Waals surface area contributed by atoms with E-state index in [-0.39, 0.29) is 11.5 Å². The Labute approximate surface area is 158 Å². The number of halogens is 2. The number of hydrogen-bond acceptors (Lipinski definition) is 2. The molecule has 0 heterocycles. The van der Waals surface area contributed by atoms with E-state index in [4.69, 9.17) is 4.74 Å². The van der Waals surface area contributed by atoms with Crippen LogP contribution in [0.25, 0.3) is 0 Å². The van der Waals surface area contributed by atoms with E-state index in [1.54, 1.807) is 12.1 Å². The molecule has 1 atom stereocenters. The van der Waals surface area contributed by atoms with Gasteiger partial charge in [0.1, 0.15) is 17.7 Å². The third-order valence-electron chi connectivity index (χ3n) is 4.29. The minimum absolute atomic E-state index is 0.235. The number of aliphatic hydroxyl groups excluding tert-OH is 1. The smallest absolute Gasteiger partial charge is 0.129 e. The van der Waals surface area contributed by atoms with Crippen molar-refractivity contribution in [2.75, 3.05) is 6.61 Å². The second-order valence-corrected chi connectivity index (χ2v) is 7.75. The summed E-state index contributed by atoms with van der Waals surface area (Å²) in [6, 6.07) is 8.67. The van der Waals surface area contributed by atoms with Gasteiger partial charge in [0.15, 0.2) is 0 Å². The number of rotatable bonds is 6. The van der Waals surface area contributed by atoms with Crippen LogP contribution < -0.4 is 4.74 Å². The molecule has 0 amide bonds. The van der Waals surface area contributed by atoms with Gasteiger partial charge in [-0.25, -0.2) is 4.39 Å². The zero-order valence-corrected chi connectivity index (χ0v) is 17.0. The summed E-state index contributed by atoms with van der Waals surface area (Å²) in [7, 11) is 0. The lowest BCUT2D eigenvalue weighted by Gasteiger charge is -2.23. The van der Waals surface area contributed by atoms with Crippen molar-refractivity contribution in [2.45, 2.75) is 52.6 Å². The maximum absolute atomic E-state index is 14.3. The monoisotopic (exact) mass is 408 g/mol. The highest BCUT2D eigenvalue weighted by Gasteiger charge is 2.24. The van der Waals surface area contributed by atoms with Crippen molar-refractivity contribution in [1.29, 1.82) is 0 Å². The summed E-state index contributed by atoms with van der Waals surface area (Å²) in [4.78, 5) is 0. The quantitative estimate of drug-likeness (QED) is 0.605. The van der Waals surface area contributed by atoms with E-state index >= 15 is 0 Å². The van der Waals surface area contributed by atoms with Crippen LogP contribution in [0.2, 0.25) is 0 Å². The summed E-state index contributed by atoms with van der Waals surface area (Å²) < 4.78 is 20.9. The van der Waals surface area contributed by atoms with Crippen LogP contribution >= 0.6 is 15.9 Å². The molecule has 2 nitrogen and oxygen atoms in total. The van der Waals surface area contributed by atoms with E-state index in [0.717, 1.165) is 15.6 Å². The van der Waals surface area contributed by atoms with Crippen LogP contribution in [0.3, 0.4) is 0 Å². The summed E-state index contributed by atoms with van der Waals surface area (Å²) >= 11 is 3.35. The van der Waals surface area contributed by atoms with Crippen molar-refractivity contribution in [3.8, 4) is 5.75 Å². The lowest BCUT2D eigenvalue weighted by atomic mass is 9.88. The molecule has 0 aliphatic carbocycles. The van der Waals surface area contributed by atoms with Crippen molar-refractivity contribution in [2.24, 2.45) is 0 Å². The first-order valence-corrected chi connectivity index (χ1v) is 9.49. The minimum Gasteiger partial charge on any atom is -0.493 e. The van der Waals surface area contributed by atoms with Gasteiger partial charge in [-0.2, -0.15) is 0 Å². The van der Waals surface area contributed by atoms with Gasteiger partial charge in [-0.3, -0.25) is 0 Å². The van der Waals surface area contributed by atoms with Crippen molar-refractivity contribution in [1.82, 2.24) is 0 Å². The minimum atomic E-state index is -1.09. The van der Waals surface area contributed by atoms with Gasteiger partial charge in [0.2, 0.25) is 0 Å². The van der Waals surface area contributed by atoms with E-state index in [0.29, 0.717) is 23.8 Å². The first kappa shape index (κ1) is 19.9. The van der Waals surface area contributed by atoms with Crippen LogP contribution in [0.1, 0.15) is 74.8 Å². The first-order chi connectivity index (χ1) is 11.8. The molecule has 1 N–H and O–H groups in total. The highest BCUT2D eigenvalue weighted by Crippen LogP contribution is 2.40. The Hall–Kier alpha value is -1.39. The van der Waals surface area contributed by atoms with Crippen LogP contribution in [0.15, 0.2) is 34.8 Å². The van der Waals surface area contributed by atoms with Gasteiger partial charge in [0, 0.05) is 15.6 Å². The summed E-state index contributed by atoms with van der Waals surface area (Å²) in [5, 5.41) is 11.0. The Morgan fingerprint density at radius 2 is 1.64 bits per heavy atom. The first-order valence-electron chi connectivity index (χ1n) is 8.69. The summed E-state index contributed by atoms with van der Waals surface area (Å²) in [5.74, 6) is 0.762. The molecule has 2 rings (SSSR count). The highest BCUT2D eigenvalue weighted by molar-refractivity contribution is 9.10. The average Bonchev–Trinajstić information content (AvgIpc) is 2.56. The Balaban J connectivity index is 2.70. The molecule has 0 bridgehead atoms. The van der Waals surface area contributed by atoms with E-state index in [1.807, 2.05) is 13.0 Å². The van der Waals surface area contributed by atoms with Crippen LogP contribution in [0, 0.1) is 5.82 Å². The Morgan fingerprint density at radius 1 is 1.00 bits per heavy atom. The lowest BCUT2D eigenvalue weighted by molar-refractivity contribution is 0.206. The van der Waals surface area contributed by atoms with Gasteiger partial charge in [0.05, 0.1) is 6.61 Å². The molecule has 0 spiro atoms. The fourth-order valence-electron chi connectivity index (χ4n) is 2.87. The number of aliphatic hydroxyl groups is 1. The van der Waals surface area contributed by atoms with E-state index in [9.17, 15) is 9.50 Å². The van der Waals surface area contributed by atoms with Gasteiger partial charge in [-0.05, 0) is 54.2 Å². The highest BCUT2D eigenvalue weighted by atomic mass is 79.9. The molecule has 1 unspecified atom stereocenters. The van der Waals surface area contributed by atoms with Gasteiger partial charge >= 0.3 is 0 Å². The molecule has 4 heteroatoms. The van der Waals surface area contributed by atoms with Crippen molar-refractivity contribution in [3.63, 3.8) is 0 Å². The van der Waals surface area contributed by atoms with Gasteiger partial charge < -0.3 is 9.84 Å². The molecule has 0 fully saturated rings. The summed E-state index contributed by atoms with van der Waals surface area (Å²) in [5.41, 5.74) is 3.01. The molecule has 0 aliphatic heterocycles. The second kappa shape index (κ2) is 8.33. The largest absolute Gasteiger partial charge is 0.493 e. The molecular formula is C21H26BrFO2.